The zero-order valence-corrected chi connectivity index (χ0v) is 21.4. The van der Waals surface area contributed by atoms with Gasteiger partial charge in [-0.15, -0.1) is 24.2 Å². The summed E-state index contributed by atoms with van der Waals surface area (Å²) in [7, 11) is 0. The van der Waals surface area contributed by atoms with E-state index in [1.807, 2.05) is 39.0 Å². The van der Waals surface area contributed by atoms with Crippen molar-refractivity contribution in [1.29, 1.82) is 0 Å². The van der Waals surface area contributed by atoms with E-state index in [2.05, 4.69) is 24.1 Å². The molecule has 0 spiro atoms. The van der Waals surface area contributed by atoms with E-state index in [9.17, 15) is 14.4 Å². The lowest BCUT2D eigenvalue weighted by molar-refractivity contribution is -0.167. The molecule has 4 atom stereocenters. The summed E-state index contributed by atoms with van der Waals surface area (Å²) in [5, 5.41) is 2.46. The number of ether oxygens (including phenoxy) is 2. The van der Waals surface area contributed by atoms with Gasteiger partial charge in [-0.3, -0.25) is 9.59 Å². The summed E-state index contributed by atoms with van der Waals surface area (Å²) in [6.45, 7) is 12.1. The number of thioether (sulfide) groups is 1. The van der Waals surface area contributed by atoms with Crippen LogP contribution in [0.1, 0.15) is 34.6 Å². The van der Waals surface area contributed by atoms with E-state index in [-0.39, 0.29) is 42.3 Å². The number of likely N-dealkylation sites (N-methyl/N-ethyl adjacent to an activating group) is 1. The van der Waals surface area contributed by atoms with Gasteiger partial charge >= 0.3 is 5.97 Å². The predicted octanol–water partition coefficient (Wildman–Crippen LogP) is 2.31. The zero-order chi connectivity index (χ0) is 23.5. The zero-order valence-electron chi connectivity index (χ0n) is 19.8. The van der Waals surface area contributed by atoms with E-state index in [1.54, 1.807) is 17.0 Å². The second-order valence-corrected chi connectivity index (χ2v) is 10.4. The van der Waals surface area contributed by atoms with Crippen LogP contribution in [-0.4, -0.2) is 82.1 Å². The number of para-hydroxylation sites is 1. The van der Waals surface area contributed by atoms with E-state index < -0.39 is 22.8 Å². The monoisotopic (exact) mass is 499 g/mol. The Morgan fingerprint density at radius 3 is 2.45 bits per heavy atom. The number of halogens is 1. The number of nitrogens with one attached hydrogen (secondary N) is 1. The van der Waals surface area contributed by atoms with Crippen LogP contribution in [0.2, 0.25) is 0 Å². The SMILES string of the molecule is CCN(CC)CC(C)OC(=O)[C@@H]1N2C(=O)C(NC(=O)COc3ccccc3)[C@H]2SC1(C)C.Cl. The van der Waals surface area contributed by atoms with E-state index in [0.29, 0.717) is 12.3 Å². The lowest BCUT2D eigenvalue weighted by atomic mass is 9.96. The van der Waals surface area contributed by atoms with Crippen LogP contribution < -0.4 is 10.1 Å². The van der Waals surface area contributed by atoms with Gasteiger partial charge < -0.3 is 24.6 Å². The second kappa shape index (κ2) is 11.4. The third-order valence-corrected chi connectivity index (χ3v) is 7.39. The van der Waals surface area contributed by atoms with Gasteiger partial charge in [0.25, 0.3) is 5.91 Å². The topological polar surface area (TPSA) is 88.2 Å². The molecule has 33 heavy (non-hydrogen) atoms. The van der Waals surface area contributed by atoms with Crippen LogP contribution >= 0.6 is 24.2 Å². The maximum absolute atomic E-state index is 13.0. The van der Waals surface area contributed by atoms with Crippen LogP contribution in [-0.2, 0) is 19.1 Å². The molecule has 0 aliphatic carbocycles. The maximum Gasteiger partial charge on any atom is 0.330 e. The Morgan fingerprint density at radius 1 is 1.21 bits per heavy atom. The first-order chi connectivity index (χ1) is 15.2. The number of benzene rings is 1. The Balaban J connectivity index is 0.00000385. The average molecular weight is 500 g/mol. The minimum absolute atomic E-state index is 0. The number of hydrogen-bond acceptors (Lipinski definition) is 7. The minimum atomic E-state index is -0.683. The number of amides is 2. The number of carbonyl (C=O) groups is 3. The number of β-lactam (4-membered cyclic amide) rings is 1. The fraction of sp³-hybridized carbons (Fsp3) is 0.609. The van der Waals surface area contributed by atoms with Crippen molar-refractivity contribution in [1.82, 2.24) is 15.1 Å². The number of esters is 1. The largest absolute Gasteiger partial charge is 0.484 e. The number of nitrogens with zero attached hydrogens (tertiary/aromatic N) is 2. The molecule has 10 heteroatoms. The highest BCUT2D eigenvalue weighted by atomic mass is 35.5. The van der Waals surface area contributed by atoms with E-state index >= 15 is 0 Å². The lowest BCUT2D eigenvalue weighted by Gasteiger charge is -2.44. The first kappa shape index (κ1) is 27.3. The van der Waals surface area contributed by atoms with Gasteiger partial charge in [0.2, 0.25) is 5.91 Å². The minimum Gasteiger partial charge on any atom is -0.484 e. The normalized spacial score (nSPS) is 23.8. The predicted molar refractivity (Wildman–Crippen MR) is 131 cm³/mol. The molecule has 0 radical (unpaired) electrons. The Labute approximate surface area is 206 Å². The van der Waals surface area contributed by atoms with Gasteiger partial charge in [0.1, 0.15) is 29.3 Å². The van der Waals surface area contributed by atoms with Crippen molar-refractivity contribution < 1.29 is 23.9 Å². The van der Waals surface area contributed by atoms with Crippen LogP contribution in [0.25, 0.3) is 0 Å². The van der Waals surface area contributed by atoms with Gasteiger partial charge in [-0.1, -0.05) is 32.0 Å². The molecule has 184 valence electrons. The van der Waals surface area contributed by atoms with Gasteiger partial charge in [0, 0.05) is 11.3 Å². The maximum atomic E-state index is 13.0. The quantitative estimate of drug-likeness (QED) is 0.390. The van der Waals surface area contributed by atoms with Crippen molar-refractivity contribution in [2.45, 2.75) is 62.9 Å². The highest BCUT2D eigenvalue weighted by Crippen LogP contribution is 2.51. The summed E-state index contributed by atoms with van der Waals surface area (Å²) in [5.74, 6) is -0.443. The summed E-state index contributed by atoms with van der Waals surface area (Å²) in [4.78, 5) is 41.9. The first-order valence-electron chi connectivity index (χ1n) is 11.1. The number of carbonyl (C=O) groups excluding carboxylic acids is 3. The molecule has 1 aromatic rings. The molecule has 8 nitrogen and oxygen atoms in total. The Kier molecular flexibility index (Phi) is 9.46. The summed E-state index contributed by atoms with van der Waals surface area (Å²) in [6.07, 6.45) is -0.274. The third-order valence-electron chi connectivity index (χ3n) is 5.82. The van der Waals surface area contributed by atoms with Gasteiger partial charge in [-0.05, 0) is 46.0 Å². The van der Waals surface area contributed by atoms with Crippen LogP contribution in [0.3, 0.4) is 0 Å². The van der Waals surface area contributed by atoms with Crippen LogP contribution in [0.15, 0.2) is 30.3 Å². The lowest BCUT2D eigenvalue weighted by Crippen LogP contribution is -2.71. The fourth-order valence-corrected chi connectivity index (χ4v) is 5.77. The van der Waals surface area contributed by atoms with E-state index in [1.165, 1.54) is 11.8 Å². The average Bonchev–Trinajstić information content (AvgIpc) is 3.02. The molecule has 3 rings (SSSR count). The molecule has 0 saturated carbocycles. The molecule has 2 saturated heterocycles. The van der Waals surface area contributed by atoms with Crippen LogP contribution in [0.4, 0.5) is 0 Å². The Morgan fingerprint density at radius 2 is 1.85 bits per heavy atom. The van der Waals surface area contributed by atoms with Gasteiger partial charge in [-0.2, -0.15) is 0 Å². The van der Waals surface area contributed by atoms with E-state index in [0.717, 1.165) is 13.1 Å². The number of rotatable bonds is 10. The molecule has 2 unspecified atom stereocenters. The highest BCUT2D eigenvalue weighted by Gasteiger charge is 2.64. The number of fused-ring (bicyclic) bond motifs is 1. The van der Waals surface area contributed by atoms with Crippen LogP contribution in [0, 0.1) is 0 Å². The highest BCUT2D eigenvalue weighted by molar-refractivity contribution is 8.01. The molecule has 0 aromatic heterocycles. The first-order valence-corrected chi connectivity index (χ1v) is 12.0. The molecule has 1 aromatic carbocycles. The van der Waals surface area contributed by atoms with Gasteiger partial charge in [0.05, 0.1) is 0 Å². The molecular weight excluding hydrogens is 466 g/mol. The van der Waals surface area contributed by atoms with Crippen molar-refractivity contribution in [3.8, 4) is 5.75 Å². The van der Waals surface area contributed by atoms with Crippen molar-refractivity contribution in [3.63, 3.8) is 0 Å². The smallest absolute Gasteiger partial charge is 0.330 e. The molecule has 2 heterocycles. The van der Waals surface area contributed by atoms with Crippen molar-refractivity contribution in [2.75, 3.05) is 26.2 Å². The number of hydrogen-bond donors (Lipinski definition) is 1. The Hall–Kier alpha value is -1.97. The molecule has 0 bridgehead atoms. The second-order valence-electron chi connectivity index (χ2n) is 8.64. The summed E-state index contributed by atoms with van der Waals surface area (Å²) in [5.41, 5.74) is 0. The fourth-order valence-electron chi connectivity index (χ4n) is 4.15. The molecular formula is C23H34ClN3O5S. The van der Waals surface area contributed by atoms with Crippen LogP contribution in [0.5, 0.6) is 5.75 Å². The Bertz CT molecular complexity index is 837. The molecule has 2 amide bonds. The van der Waals surface area contributed by atoms with Gasteiger partial charge in [-0.25, -0.2) is 4.79 Å². The standard InChI is InChI=1S/C23H33N3O5S.ClH/c1-6-25(7-2)13-15(3)31-22(29)19-23(4,5)32-21-18(20(28)26(19)21)24-17(27)14-30-16-11-9-8-10-12-16;/h8-12,15,18-19,21H,6-7,13-14H2,1-5H3,(H,24,27);1H/t15?,18?,19-,21+;/m0./s1. The van der Waals surface area contributed by atoms with Crippen molar-refractivity contribution >= 4 is 42.0 Å². The van der Waals surface area contributed by atoms with Crippen molar-refractivity contribution in [2.24, 2.45) is 0 Å². The van der Waals surface area contributed by atoms with Gasteiger partial charge in [0.15, 0.2) is 6.61 Å². The molecule has 2 aliphatic heterocycles. The molecule has 1 N–H and O–H groups in total. The van der Waals surface area contributed by atoms with E-state index in [4.69, 9.17) is 9.47 Å². The molecule has 2 aliphatic rings. The summed E-state index contributed by atoms with van der Waals surface area (Å²) >= 11 is 1.51. The third kappa shape index (κ3) is 6.13. The van der Waals surface area contributed by atoms with Crippen molar-refractivity contribution in [3.05, 3.63) is 30.3 Å². The summed E-state index contributed by atoms with van der Waals surface area (Å²) in [6, 6.07) is 7.67. The molecule has 2 fully saturated rings. The summed E-state index contributed by atoms with van der Waals surface area (Å²) < 4.78 is 10.6.